The number of rotatable bonds is 12. The van der Waals surface area contributed by atoms with Crippen LogP contribution < -0.4 is 0 Å². The summed E-state index contributed by atoms with van der Waals surface area (Å²) in [4.78, 5) is 19.8. The number of carbonyl (C=O) groups is 1. The molecule has 0 aliphatic rings. The molecule has 0 saturated carbocycles. The molecule has 0 amide bonds. The molecule has 112 valence electrons. The molecule has 0 fully saturated rings. The van der Waals surface area contributed by atoms with Crippen molar-refractivity contribution in [3.8, 4) is 0 Å². The van der Waals surface area contributed by atoms with Crippen molar-refractivity contribution in [2.75, 3.05) is 6.61 Å². The van der Waals surface area contributed by atoms with Gasteiger partial charge in [-0.05, 0) is 25.0 Å². The normalized spacial score (nSPS) is 10.7. The summed E-state index contributed by atoms with van der Waals surface area (Å²) in [6.07, 6.45) is 12.9. The van der Waals surface area contributed by atoms with Crippen molar-refractivity contribution in [1.82, 2.24) is 4.98 Å². The fourth-order valence-corrected chi connectivity index (χ4v) is 2.18. The van der Waals surface area contributed by atoms with Crippen LogP contribution in [-0.4, -0.2) is 22.6 Å². The van der Waals surface area contributed by atoms with Gasteiger partial charge >= 0.3 is 0 Å². The first-order valence-electron chi connectivity index (χ1n) is 7.54. The SMILES string of the molecule is O=C(CCCCCCCCCCOO)c1cccnc1. The van der Waals surface area contributed by atoms with E-state index < -0.39 is 0 Å². The van der Waals surface area contributed by atoms with Crippen molar-refractivity contribution in [2.24, 2.45) is 0 Å². The highest BCUT2D eigenvalue weighted by atomic mass is 17.1. The molecule has 1 heterocycles. The zero-order valence-electron chi connectivity index (χ0n) is 12.1. The summed E-state index contributed by atoms with van der Waals surface area (Å²) in [7, 11) is 0. The molecular weight excluding hydrogens is 254 g/mol. The number of ketones is 1. The van der Waals surface area contributed by atoms with Crippen LogP contribution >= 0.6 is 0 Å². The molecule has 0 saturated heterocycles. The fourth-order valence-electron chi connectivity index (χ4n) is 2.18. The lowest BCUT2D eigenvalue weighted by atomic mass is 10.0. The van der Waals surface area contributed by atoms with Gasteiger partial charge in [0.2, 0.25) is 0 Å². The second-order valence-corrected chi connectivity index (χ2v) is 5.08. The first kappa shape index (κ1) is 16.8. The number of nitrogens with zero attached hydrogens (tertiary/aromatic N) is 1. The van der Waals surface area contributed by atoms with Gasteiger partial charge in [-0.3, -0.25) is 15.0 Å². The van der Waals surface area contributed by atoms with E-state index in [1.807, 2.05) is 6.07 Å². The Morgan fingerprint density at radius 2 is 1.70 bits per heavy atom. The van der Waals surface area contributed by atoms with E-state index in [9.17, 15) is 4.79 Å². The molecule has 0 spiro atoms. The van der Waals surface area contributed by atoms with E-state index in [4.69, 9.17) is 5.26 Å². The minimum absolute atomic E-state index is 0.196. The minimum atomic E-state index is 0.196. The minimum Gasteiger partial charge on any atom is -0.294 e. The van der Waals surface area contributed by atoms with E-state index in [0.29, 0.717) is 13.0 Å². The standard InChI is InChI=1S/C16H25NO3/c18-16(15-10-9-12-17-14-15)11-7-5-3-1-2-4-6-8-13-20-19/h9-10,12,14,19H,1-8,11,13H2. The van der Waals surface area contributed by atoms with Crippen molar-refractivity contribution in [3.63, 3.8) is 0 Å². The van der Waals surface area contributed by atoms with Crippen molar-refractivity contribution < 1.29 is 14.9 Å². The Hall–Kier alpha value is -1.26. The smallest absolute Gasteiger partial charge is 0.164 e. The van der Waals surface area contributed by atoms with Gasteiger partial charge in [-0.15, -0.1) is 0 Å². The van der Waals surface area contributed by atoms with Crippen LogP contribution in [0.4, 0.5) is 0 Å². The van der Waals surface area contributed by atoms with Gasteiger partial charge in [-0.25, -0.2) is 4.89 Å². The predicted octanol–water partition coefficient (Wildman–Crippen LogP) is 4.26. The summed E-state index contributed by atoms with van der Waals surface area (Å²) < 4.78 is 0. The average molecular weight is 279 g/mol. The van der Waals surface area contributed by atoms with Crippen LogP contribution in [0.15, 0.2) is 24.5 Å². The maximum absolute atomic E-state index is 11.8. The van der Waals surface area contributed by atoms with Crippen molar-refractivity contribution in [1.29, 1.82) is 0 Å². The van der Waals surface area contributed by atoms with E-state index in [1.54, 1.807) is 18.5 Å². The molecule has 1 rings (SSSR count). The molecular formula is C16H25NO3. The number of carbonyl (C=O) groups excluding carboxylic acids is 1. The number of Topliss-reactive ketones (excluding diaryl/α,β-unsaturated/α-hetero) is 1. The Balaban J connectivity index is 1.91. The molecule has 0 aliphatic heterocycles. The van der Waals surface area contributed by atoms with Crippen LogP contribution in [-0.2, 0) is 4.89 Å². The van der Waals surface area contributed by atoms with Gasteiger partial charge in [0, 0.05) is 24.4 Å². The molecule has 20 heavy (non-hydrogen) atoms. The monoisotopic (exact) mass is 279 g/mol. The molecule has 1 aromatic heterocycles. The van der Waals surface area contributed by atoms with Gasteiger partial charge in [-0.1, -0.05) is 38.5 Å². The average Bonchev–Trinajstić information content (AvgIpc) is 2.50. The quantitative estimate of drug-likeness (QED) is 0.269. The third kappa shape index (κ3) is 8.02. The van der Waals surface area contributed by atoms with Crippen LogP contribution in [0.5, 0.6) is 0 Å². The lowest BCUT2D eigenvalue weighted by Gasteiger charge is -2.02. The Bertz CT molecular complexity index is 354. The van der Waals surface area contributed by atoms with Gasteiger partial charge in [0.1, 0.15) is 0 Å². The highest BCUT2D eigenvalue weighted by molar-refractivity contribution is 5.95. The summed E-state index contributed by atoms with van der Waals surface area (Å²) in [6.45, 7) is 0.441. The number of unbranched alkanes of at least 4 members (excludes halogenated alkanes) is 7. The summed E-state index contributed by atoms with van der Waals surface area (Å²) in [5, 5.41) is 8.16. The van der Waals surface area contributed by atoms with Gasteiger partial charge in [0.15, 0.2) is 5.78 Å². The summed E-state index contributed by atoms with van der Waals surface area (Å²) in [6, 6.07) is 3.63. The maximum atomic E-state index is 11.8. The Morgan fingerprint density at radius 1 is 1.05 bits per heavy atom. The predicted molar refractivity (Wildman–Crippen MR) is 78.7 cm³/mol. The first-order chi connectivity index (χ1) is 9.84. The highest BCUT2D eigenvalue weighted by Gasteiger charge is 2.04. The molecule has 4 nitrogen and oxygen atoms in total. The summed E-state index contributed by atoms with van der Waals surface area (Å²) >= 11 is 0. The topological polar surface area (TPSA) is 59.4 Å². The third-order valence-corrected chi connectivity index (χ3v) is 3.37. The molecule has 0 radical (unpaired) electrons. The lowest BCUT2D eigenvalue weighted by Crippen LogP contribution is -1.99. The zero-order chi connectivity index (χ0) is 14.5. The molecule has 0 bridgehead atoms. The second-order valence-electron chi connectivity index (χ2n) is 5.08. The Kier molecular flexibility index (Phi) is 9.70. The Labute approximate surface area is 121 Å². The number of pyridine rings is 1. The molecule has 1 N–H and O–H groups in total. The highest BCUT2D eigenvalue weighted by Crippen LogP contribution is 2.11. The molecule has 0 aliphatic carbocycles. The van der Waals surface area contributed by atoms with Gasteiger partial charge < -0.3 is 0 Å². The van der Waals surface area contributed by atoms with Gasteiger partial charge in [-0.2, -0.15) is 0 Å². The zero-order valence-corrected chi connectivity index (χ0v) is 12.1. The number of hydrogen-bond donors (Lipinski definition) is 1. The molecule has 0 aromatic carbocycles. The van der Waals surface area contributed by atoms with E-state index in [-0.39, 0.29) is 5.78 Å². The van der Waals surface area contributed by atoms with E-state index in [0.717, 1.165) is 31.2 Å². The van der Waals surface area contributed by atoms with Gasteiger partial charge in [0.05, 0.1) is 6.61 Å². The van der Waals surface area contributed by atoms with Crippen LogP contribution in [0.2, 0.25) is 0 Å². The number of hydrogen-bond acceptors (Lipinski definition) is 4. The summed E-state index contributed by atoms with van der Waals surface area (Å²) in [5.41, 5.74) is 0.721. The van der Waals surface area contributed by atoms with Crippen molar-refractivity contribution >= 4 is 5.78 Å². The van der Waals surface area contributed by atoms with Gasteiger partial charge in [0.25, 0.3) is 0 Å². The molecule has 0 unspecified atom stereocenters. The maximum Gasteiger partial charge on any atom is 0.164 e. The fraction of sp³-hybridized carbons (Fsp3) is 0.625. The van der Waals surface area contributed by atoms with Crippen molar-refractivity contribution in [2.45, 2.75) is 57.8 Å². The largest absolute Gasteiger partial charge is 0.294 e. The van der Waals surface area contributed by atoms with E-state index in [2.05, 4.69) is 9.87 Å². The van der Waals surface area contributed by atoms with Crippen LogP contribution in [0.25, 0.3) is 0 Å². The van der Waals surface area contributed by atoms with Crippen molar-refractivity contribution in [3.05, 3.63) is 30.1 Å². The summed E-state index contributed by atoms with van der Waals surface area (Å²) in [5.74, 6) is 0.196. The van der Waals surface area contributed by atoms with Crippen LogP contribution in [0.1, 0.15) is 68.1 Å². The molecule has 4 heteroatoms. The lowest BCUT2D eigenvalue weighted by molar-refractivity contribution is -0.242. The Morgan fingerprint density at radius 3 is 2.30 bits per heavy atom. The third-order valence-electron chi connectivity index (χ3n) is 3.37. The number of aromatic nitrogens is 1. The second kappa shape index (κ2) is 11.6. The van der Waals surface area contributed by atoms with E-state index in [1.165, 1.54) is 25.7 Å². The molecule has 0 atom stereocenters. The first-order valence-corrected chi connectivity index (χ1v) is 7.54. The molecule has 1 aromatic rings. The van der Waals surface area contributed by atoms with Crippen LogP contribution in [0.3, 0.4) is 0 Å². The van der Waals surface area contributed by atoms with Crippen LogP contribution in [0, 0.1) is 0 Å². The van der Waals surface area contributed by atoms with E-state index >= 15 is 0 Å².